The zero-order chi connectivity index (χ0) is 14.1. The second-order valence-electron chi connectivity index (χ2n) is 4.10. The van der Waals surface area contributed by atoms with Gasteiger partial charge in [-0.2, -0.15) is 4.98 Å². The van der Waals surface area contributed by atoms with E-state index in [0.29, 0.717) is 27.0 Å². The third-order valence-corrected chi connectivity index (χ3v) is 3.88. The van der Waals surface area contributed by atoms with E-state index in [0.717, 1.165) is 11.3 Å². The molecule has 0 N–H and O–H groups in total. The van der Waals surface area contributed by atoms with Crippen molar-refractivity contribution in [2.75, 3.05) is 0 Å². The second-order valence-corrected chi connectivity index (χ2v) is 5.51. The molecule has 0 spiro atoms. The Kier molecular flexibility index (Phi) is 3.87. The molecule has 0 atom stereocenters. The molecular weight excluding hydrogens is 363 g/mol. The van der Waals surface area contributed by atoms with Crippen molar-refractivity contribution in [3.8, 4) is 11.6 Å². The average Bonchev–Trinajstić information content (AvgIpc) is 2.79. The summed E-state index contributed by atoms with van der Waals surface area (Å²) in [5.41, 5.74) is 1.74. The smallest absolute Gasteiger partial charge is 0.242 e. The zero-order valence-electron chi connectivity index (χ0n) is 10.2. The van der Waals surface area contributed by atoms with E-state index < -0.39 is 0 Å². The van der Waals surface area contributed by atoms with Crippen LogP contribution in [-0.2, 0) is 5.33 Å². The topological polar surface area (TPSA) is 26.5 Å². The highest BCUT2D eigenvalue weighted by molar-refractivity contribution is 9.08. The number of rotatable bonds is 3. The molecule has 20 heavy (non-hydrogen) atoms. The molecule has 6 heteroatoms. The zero-order valence-corrected chi connectivity index (χ0v) is 13.3. The minimum absolute atomic E-state index is 0.454. The maximum absolute atomic E-state index is 6.12. The highest BCUT2D eigenvalue weighted by Gasteiger charge is 2.14. The van der Waals surface area contributed by atoms with Crippen LogP contribution >= 0.6 is 39.1 Å². The lowest BCUT2D eigenvalue weighted by molar-refractivity contribution is 0.462. The Morgan fingerprint density at radius 2 is 2.05 bits per heavy atom. The van der Waals surface area contributed by atoms with E-state index in [4.69, 9.17) is 27.9 Å². The number of fused-ring (bicyclic) bond motifs is 1. The number of nitrogens with zero attached hydrogens (tertiary/aromatic N) is 2. The lowest BCUT2D eigenvalue weighted by Crippen LogP contribution is -1.92. The van der Waals surface area contributed by atoms with Crippen LogP contribution in [0.3, 0.4) is 0 Å². The van der Waals surface area contributed by atoms with Crippen molar-refractivity contribution in [1.29, 1.82) is 0 Å². The van der Waals surface area contributed by atoms with Gasteiger partial charge in [0.15, 0.2) is 0 Å². The third-order valence-electron chi connectivity index (χ3n) is 2.82. The maximum Gasteiger partial charge on any atom is 0.242 e. The van der Waals surface area contributed by atoms with Gasteiger partial charge in [-0.05, 0) is 30.3 Å². The molecule has 0 aliphatic carbocycles. The number of benzene rings is 1. The fraction of sp³-hybridized carbons (Fsp3) is 0.0714. The Hall–Kier alpha value is -1.23. The van der Waals surface area contributed by atoms with Gasteiger partial charge < -0.3 is 4.74 Å². The van der Waals surface area contributed by atoms with Crippen LogP contribution in [0.5, 0.6) is 11.6 Å². The van der Waals surface area contributed by atoms with E-state index in [1.807, 2.05) is 28.8 Å². The molecule has 0 fully saturated rings. The summed E-state index contributed by atoms with van der Waals surface area (Å²) in [4.78, 5) is 4.46. The predicted molar refractivity (Wildman–Crippen MR) is 84.4 cm³/mol. The fourth-order valence-corrected chi connectivity index (χ4v) is 2.85. The minimum atomic E-state index is 0.454. The van der Waals surface area contributed by atoms with Crippen LogP contribution < -0.4 is 4.74 Å². The largest absolute Gasteiger partial charge is 0.436 e. The third kappa shape index (κ3) is 2.51. The second kappa shape index (κ2) is 5.64. The average molecular weight is 372 g/mol. The fourth-order valence-electron chi connectivity index (χ4n) is 1.89. The van der Waals surface area contributed by atoms with Crippen molar-refractivity contribution in [3.05, 3.63) is 58.3 Å². The van der Waals surface area contributed by atoms with Crippen molar-refractivity contribution in [3.63, 3.8) is 0 Å². The van der Waals surface area contributed by atoms with Crippen LogP contribution in [0.2, 0.25) is 10.0 Å². The van der Waals surface area contributed by atoms with Crippen LogP contribution in [0.1, 0.15) is 5.69 Å². The van der Waals surface area contributed by atoms with Crippen LogP contribution in [0.25, 0.3) is 5.65 Å². The highest BCUT2D eigenvalue weighted by atomic mass is 79.9. The quantitative estimate of drug-likeness (QED) is 0.582. The monoisotopic (exact) mass is 370 g/mol. The first kappa shape index (κ1) is 13.7. The molecule has 0 saturated carbocycles. The predicted octanol–water partition coefficient (Wildman–Crippen LogP) is 5.33. The van der Waals surface area contributed by atoms with Gasteiger partial charge in [-0.25, -0.2) is 0 Å². The lowest BCUT2D eigenvalue weighted by Gasteiger charge is -2.06. The summed E-state index contributed by atoms with van der Waals surface area (Å²) in [7, 11) is 0. The van der Waals surface area contributed by atoms with E-state index in [9.17, 15) is 0 Å². The molecule has 0 bridgehead atoms. The molecule has 1 aromatic carbocycles. The van der Waals surface area contributed by atoms with E-state index in [2.05, 4.69) is 20.9 Å². The van der Waals surface area contributed by atoms with Crippen molar-refractivity contribution >= 4 is 44.8 Å². The normalized spacial score (nSPS) is 10.9. The molecule has 0 aliphatic heterocycles. The number of hydrogen-bond donors (Lipinski definition) is 0. The number of aromatic nitrogens is 2. The number of pyridine rings is 1. The van der Waals surface area contributed by atoms with Gasteiger partial charge in [0.25, 0.3) is 0 Å². The number of hydrogen-bond acceptors (Lipinski definition) is 2. The number of alkyl halides is 1. The lowest BCUT2D eigenvalue weighted by atomic mass is 10.3. The van der Waals surface area contributed by atoms with Crippen molar-refractivity contribution in [2.24, 2.45) is 0 Å². The van der Waals surface area contributed by atoms with Gasteiger partial charge in [0.2, 0.25) is 5.88 Å². The highest BCUT2D eigenvalue weighted by Crippen LogP contribution is 2.33. The summed E-state index contributed by atoms with van der Waals surface area (Å²) in [6, 6.07) is 10.9. The van der Waals surface area contributed by atoms with Crippen LogP contribution in [-0.4, -0.2) is 9.38 Å². The molecular formula is C14H9BrCl2N2O. The van der Waals surface area contributed by atoms with Gasteiger partial charge in [-0.15, -0.1) is 0 Å². The van der Waals surface area contributed by atoms with Crippen LogP contribution in [0.4, 0.5) is 0 Å². The van der Waals surface area contributed by atoms with E-state index in [1.54, 1.807) is 18.2 Å². The molecule has 2 heterocycles. The summed E-state index contributed by atoms with van der Waals surface area (Å²) in [5.74, 6) is 1.05. The minimum Gasteiger partial charge on any atom is -0.436 e. The Bertz CT molecular complexity index is 773. The van der Waals surface area contributed by atoms with Crippen LogP contribution in [0, 0.1) is 0 Å². The van der Waals surface area contributed by atoms with E-state index in [1.165, 1.54) is 0 Å². The van der Waals surface area contributed by atoms with Gasteiger partial charge in [0, 0.05) is 16.5 Å². The van der Waals surface area contributed by atoms with E-state index >= 15 is 0 Å². The molecule has 3 nitrogen and oxygen atoms in total. The SMILES string of the molecule is Clc1ccc(Oc2nc3ccccn3c2CBr)c(Cl)c1. The van der Waals surface area contributed by atoms with Gasteiger partial charge in [-0.1, -0.05) is 45.2 Å². The summed E-state index contributed by atoms with van der Waals surface area (Å²) in [6.07, 6.45) is 1.94. The Labute approximate surface area is 134 Å². The molecule has 2 aromatic heterocycles. The molecule has 0 radical (unpaired) electrons. The molecule has 0 aliphatic rings. The molecule has 0 unspecified atom stereocenters. The summed E-state index contributed by atoms with van der Waals surface area (Å²) in [5, 5.41) is 1.65. The van der Waals surface area contributed by atoms with Crippen molar-refractivity contribution in [1.82, 2.24) is 9.38 Å². The number of halogens is 3. The molecule has 0 saturated heterocycles. The number of imidazole rings is 1. The maximum atomic E-state index is 6.12. The van der Waals surface area contributed by atoms with Gasteiger partial charge >= 0.3 is 0 Å². The molecule has 102 valence electrons. The first-order valence-electron chi connectivity index (χ1n) is 5.84. The standard InChI is InChI=1S/C14H9BrCl2N2O/c15-8-11-14(18-13-3-1-2-6-19(11)13)20-12-5-4-9(16)7-10(12)17/h1-7H,8H2. The Balaban J connectivity index is 2.06. The van der Waals surface area contributed by atoms with Crippen LogP contribution in [0.15, 0.2) is 42.6 Å². The molecule has 0 amide bonds. The van der Waals surface area contributed by atoms with Gasteiger partial charge in [0.1, 0.15) is 11.4 Å². The molecule has 3 aromatic rings. The first-order valence-corrected chi connectivity index (χ1v) is 7.71. The Morgan fingerprint density at radius 3 is 2.80 bits per heavy atom. The summed E-state index contributed by atoms with van der Waals surface area (Å²) < 4.78 is 7.78. The van der Waals surface area contributed by atoms with Crippen molar-refractivity contribution in [2.45, 2.75) is 5.33 Å². The van der Waals surface area contributed by atoms with Gasteiger partial charge in [0.05, 0.1) is 10.7 Å². The number of ether oxygens (including phenoxy) is 1. The Morgan fingerprint density at radius 1 is 1.20 bits per heavy atom. The first-order chi connectivity index (χ1) is 9.69. The molecule has 3 rings (SSSR count). The summed E-state index contributed by atoms with van der Waals surface area (Å²) >= 11 is 15.5. The summed E-state index contributed by atoms with van der Waals surface area (Å²) in [6.45, 7) is 0. The van der Waals surface area contributed by atoms with E-state index in [-0.39, 0.29) is 0 Å². The van der Waals surface area contributed by atoms with Crippen molar-refractivity contribution < 1.29 is 4.74 Å². The van der Waals surface area contributed by atoms with Gasteiger partial charge in [-0.3, -0.25) is 4.40 Å².